The predicted molar refractivity (Wildman–Crippen MR) is 124 cm³/mol. The Bertz CT molecular complexity index is 1030. The molecule has 0 unspecified atom stereocenters. The van der Waals surface area contributed by atoms with Gasteiger partial charge in [-0.25, -0.2) is 9.97 Å². The van der Waals surface area contributed by atoms with Gasteiger partial charge in [0.05, 0.1) is 11.3 Å². The molecule has 1 fully saturated rings. The molecular formula is C23H27N5O2S. The Morgan fingerprint density at radius 3 is 2.84 bits per heavy atom. The summed E-state index contributed by atoms with van der Waals surface area (Å²) in [5.74, 6) is 1.73. The zero-order chi connectivity index (χ0) is 21.6. The van der Waals surface area contributed by atoms with Gasteiger partial charge < -0.3 is 19.9 Å². The molecule has 0 spiro atoms. The van der Waals surface area contributed by atoms with E-state index < -0.39 is 0 Å². The van der Waals surface area contributed by atoms with Crippen molar-refractivity contribution in [3.8, 4) is 11.5 Å². The Hall–Kier alpha value is -2.97. The predicted octanol–water partition coefficient (Wildman–Crippen LogP) is 4.55. The van der Waals surface area contributed by atoms with Crippen LogP contribution in [0.4, 0.5) is 10.9 Å². The summed E-state index contributed by atoms with van der Waals surface area (Å²) in [6.07, 6.45) is 4.17. The summed E-state index contributed by atoms with van der Waals surface area (Å²) in [5.41, 5.74) is 1.51. The van der Waals surface area contributed by atoms with Gasteiger partial charge in [0.1, 0.15) is 17.3 Å². The minimum atomic E-state index is -0.0412. The fourth-order valence-electron chi connectivity index (χ4n) is 3.53. The van der Waals surface area contributed by atoms with Crippen molar-refractivity contribution in [1.29, 1.82) is 0 Å². The van der Waals surface area contributed by atoms with Crippen LogP contribution in [0.25, 0.3) is 0 Å². The highest BCUT2D eigenvalue weighted by molar-refractivity contribution is 7.13. The lowest BCUT2D eigenvalue weighted by Crippen LogP contribution is -2.35. The molecule has 31 heavy (non-hydrogen) atoms. The number of pyridine rings is 1. The number of carbonyl (C=O) groups is 1. The minimum absolute atomic E-state index is 0.0412. The zero-order valence-corrected chi connectivity index (χ0v) is 18.7. The summed E-state index contributed by atoms with van der Waals surface area (Å²) in [7, 11) is 1.85. The van der Waals surface area contributed by atoms with Crippen molar-refractivity contribution < 1.29 is 9.53 Å². The van der Waals surface area contributed by atoms with Crippen molar-refractivity contribution in [3.63, 3.8) is 0 Å². The van der Waals surface area contributed by atoms with Crippen molar-refractivity contribution in [2.24, 2.45) is 0 Å². The van der Waals surface area contributed by atoms with Crippen LogP contribution < -0.4 is 10.1 Å². The smallest absolute Gasteiger partial charge is 0.257 e. The second kappa shape index (κ2) is 9.89. The molecule has 0 atom stereocenters. The number of likely N-dealkylation sites (tertiary alicyclic amines) is 1. The lowest BCUT2D eigenvalue weighted by Gasteiger charge is -2.22. The standard InChI is InChI=1S/C23H27N5O2S/c1-17-16-31-23(25-17)26-21-15-18(9-10-24-21)30-20-8-4-3-7-19(20)22(29)27(2)13-14-28-11-5-6-12-28/h3-4,7-10,15-16H,5-6,11-14H2,1-2H3,(H,24,25,26). The molecule has 0 aliphatic carbocycles. The molecule has 1 amide bonds. The van der Waals surface area contributed by atoms with Gasteiger partial charge in [-0.05, 0) is 51.1 Å². The Morgan fingerprint density at radius 1 is 1.26 bits per heavy atom. The van der Waals surface area contributed by atoms with E-state index in [1.165, 1.54) is 24.2 Å². The number of carbonyl (C=O) groups excluding carboxylic acids is 1. The number of para-hydroxylation sites is 1. The van der Waals surface area contributed by atoms with Crippen LogP contribution in [0.15, 0.2) is 48.0 Å². The molecule has 3 aromatic rings. The number of thiazole rings is 1. The third-order valence-electron chi connectivity index (χ3n) is 5.23. The van der Waals surface area contributed by atoms with E-state index in [1.807, 2.05) is 43.6 Å². The van der Waals surface area contributed by atoms with E-state index in [4.69, 9.17) is 4.74 Å². The maximum atomic E-state index is 13.1. The molecule has 1 aliphatic heterocycles. The molecule has 1 aliphatic rings. The van der Waals surface area contributed by atoms with Crippen LogP contribution in [0.2, 0.25) is 0 Å². The summed E-state index contributed by atoms with van der Waals surface area (Å²) >= 11 is 1.52. The second-order valence-electron chi connectivity index (χ2n) is 7.67. The summed E-state index contributed by atoms with van der Waals surface area (Å²) in [5, 5.41) is 5.94. The molecule has 4 rings (SSSR count). The van der Waals surface area contributed by atoms with Gasteiger partial charge in [-0.1, -0.05) is 12.1 Å². The number of rotatable bonds is 8. The summed E-state index contributed by atoms with van der Waals surface area (Å²) in [4.78, 5) is 26.0. The molecule has 1 saturated heterocycles. The van der Waals surface area contributed by atoms with Gasteiger partial charge >= 0.3 is 0 Å². The molecule has 1 N–H and O–H groups in total. The number of hydrogen-bond acceptors (Lipinski definition) is 7. The number of aryl methyl sites for hydroxylation is 1. The van der Waals surface area contributed by atoms with Crippen LogP contribution in [0.1, 0.15) is 28.9 Å². The molecule has 0 radical (unpaired) electrons. The summed E-state index contributed by atoms with van der Waals surface area (Å²) < 4.78 is 6.09. The number of nitrogens with zero attached hydrogens (tertiary/aromatic N) is 4. The third kappa shape index (κ3) is 5.59. The first kappa shape index (κ1) is 21.3. The van der Waals surface area contributed by atoms with Crippen molar-refractivity contribution in [2.45, 2.75) is 19.8 Å². The number of benzene rings is 1. The maximum Gasteiger partial charge on any atom is 0.257 e. The Balaban J connectivity index is 1.44. The van der Waals surface area contributed by atoms with Gasteiger partial charge in [0.15, 0.2) is 5.13 Å². The van der Waals surface area contributed by atoms with Crippen LogP contribution in [0.5, 0.6) is 11.5 Å². The van der Waals surface area contributed by atoms with Crippen molar-refractivity contribution in [3.05, 3.63) is 59.2 Å². The fourth-order valence-corrected chi connectivity index (χ4v) is 4.22. The topological polar surface area (TPSA) is 70.6 Å². The van der Waals surface area contributed by atoms with E-state index in [1.54, 1.807) is 23.2 Å². The van der Waals surface area contributed by atoms with Gasteiger partial charge in [0, 0.05) is 37.8 Å². The summed E-state index contributed by atoms with van der Waals surface area (Å²) in [6.45, 7) is 5.80. The highest BCUT2D eigenvalue weighted by Gasteiger charge is 2.19. The van der Waals surface area contributed by atoms with Crippen LogP contribution in [-0.2, 0) is 0 Å². The Morgan fingerprint density at radius 2 is 2.06 bits per heavy atom. The van der Waals surface area contributed by atoms with E-state index >= 15 is 0 Å². The van der Waals surface area contributed by atoms with E-state index in [0.29, 0.717) is 29.4 Å². The monoisotopic (exact) mass is 437 g/mol. The number of hydrogen-bond donors (Lipinski definition) is 1. The van der Waals surface area contributed by atoms with Gasteiger partial charge in [0.2, 0.25) is 0 Å². The van der Waals surface area contributed by atoms with Gasteiger partial charge in [-0.15, -0.1) is 11.3 Å². The van der Waals surface area contributed by atoms with E-state index in [0.717, 1.165) is 30.5 Å². The molecule has 1 aromatic carbocycles. The molecule has 0 bridgehead atoms. The molecule has 162 valence electrons. The normalized spacial score (nSPS) is 13.9. The minimum Gasteiger partial charge on any atom is -0.456 e. The van der Waals surface area contributed by atoms with Crippen LogP contribution >= 0.6 is 11.3 Å². The number of anilines is 2. The average molecular weight is 438 g/mol. The van der Waals surface area contributed by atoms with Crippen molar-refractivity contribution >= 4 is 28.2 Å². The number of ether oxygens (including phenoxy) is 1. The van der Waals surface area contributed by atoms with Crippen LogP contribution in [-0.4, -0.2) is 58.9 Å². The molecule has 2 aromatic heterocycles. The fraction of sp³-hybridized carbons (Fsp3) is 0.348. The van der Waals surface area contributed by atoms with E-state index in [-0.39, 0.29) is 5.91 Å². The molecule has 8 heteroatoms. The van der Waals surface area contributed by atoms with Crippen molar-refractivity contribution in [2.75, 3.05) is 38.5 Å². The van der Waals surface area contributed by atoms with Gasteiger partial charge in [-0.2, -0.15) is 0 Å². The molecule has 7 nitrogen and oxygen atoms in total. The highest BCUT2D eigenvalue weighted by atomic mass is 32.1. The van der Waals surface area contributed by atoms with Crippen LogP contribution in [0, 0.1) is 6.92 Å². The maximum absolute atomic E-state index is 13.1. The average Bonchev–Trinajstić information content (AvgIpc) is 3.44. The largest absolute Gasteiger partial charge is 0.456 e. The molecule has 0 saturated carbocycles. The number of amides is 1. The SMILES string of the molecule is Cc1csc(Nc2cc(Oc3ccccc3C(=O)N(C)CCN3CCCC3)ccn2)n1. The van der Waals surface area contributed by atoms with E-state index in [2.05, 4.69) is 20.2 Å². The van der Waals surface area contributed by atoms with Gasteiger partial charge in [0.25, 0.3) is 5.91 Å². The second-order valence-corrected chi connectivity index (χ2v) is 8.53. The van der Waals surface area contributed by atoms with Gasteiger partial charge in [-0.3, -0.25) is 4.79 Å². The quantitative estimate of drug-likeness (QED) is 0.557. The molecule has 3 heterocycles. The number of nitrogens with one attached hydrogen (secondary N) is 1. The Kier molecular flexibility index (Phi) is 6.79. The molecular weight excluding hydrogens is 410 g/mol. The first-order valence-electron chi connectivity index (χ1n) is 10.5. The van der Waals surface area contributed by atoms with Crippen LogP contribution in [0.3, 0.4) is 0 Å². The van der Waals surface area contributed by atoms with E-state index in [9.17, 15) is 4.79 Å². The number of likely N-dealkylation sites (N-methyl/N-ethyl adjacent to an activating group) is 1. The lowest BCUT2D eigenvalue weighted by molar-refractivity contribution is 0.0780. The third-order valence-corrected chi connectivity index (χ3v) is 6.10. The lowest BCUT2D eigenvalue weighted by atomic mass is 10.1. The zero-order valence-electron chi connectivity index (χ0n) is 17.9. The Labute approximate surface area is 186 Å². The van der Waals surface area contributed by atoms with Crippen molar-refractivity contribution in [1.82, 2.24) is 19.8 Å². The number of aromatic nitrogens is 2. The highest BCUT2D eigenvalue weighted by Crippen LogP contribution is 2.28. The summed E-state index contributed by atoms with van der Waals surface area (Å²) in [6, 6.07) is 10.9. The first-order valence-corrected chi connectivity index (χ1v) is 11.4. The first-order chi connectivity index (χ1) is 15.1.